The summed E-state index contributed by atoms with van der Waals surface area (Å²) in [5.74, 6) is 1.58. The third-order valence-corrected chi connectivity index (χ3v) is 4.50. The van der Waals surface area contributed by atoms with E-state index in [2.05, 4.69) is 10.3 Å². The first-order valence-electron chi connectivity index (χ1n) is 7.01. The molecule has 6 heteroatoms. The van der Waals surface area contributed by atoms with Gasteiger partial charge in [0, 0.05) is 19.4 Å². The molecular formula is C16H21N3O2S. The zero-order valence-corrected chi connectivity index (χ0v) is 14.1. The first-order valence-corrected chi connectivity index (χ1v) is 8.30. The quantitative estimate of drug-likeness (QED) is 0.888. The van der Waals surface area contributed by atoms with E-state index >= 15 is 0 Å². The minimum atomic E-state index is -0.284. The lowest BCUT2D eigenvalue weighted by molar-refractivity contribution is -0.120. The molecule has 1 amide bonds. The van der Waals surface area contributed by atoms with Crippen molar-refractivity contribution >= 4 is 17.7 Å². The molecule has 2 unspecified atom stereocenters. The van der Waals surface area contributed by atoms with Crippen LogP contribution in [0.3, 0.4) is 0 Å². The zero-order valence-electron chi connectivity index (χ0n) is 13.2. The monoisotopic (exact) mass is 319 g/mol. The number of aryl methyl sites for hydroxylation is 1. The highest BCUT2D eigenvalue weighted by Gasteiger charge is 2.23. The van der Waals surface area contributed by atoms with Gasteiger partial charge in [-0.15, -0.1) is 0 Å². The zero-order chi connectivity index (χ0) is 16.1. The summed E-state index contributed by atoms with van der Waals surface area (Å²) in [6, 6.07) is 7.38. The number of benzene rings is 1. The third-order valence-electron chi connectivity index (χ3n) is 3.58. The van der Waals surface area contributed by atoms with Gasteiger partial charge < -0.3 is 14.6 Å². The Morgan fingerprint density at radius 1 is 1.36 bits per heavy atom. The molecule has 0 aliphatic carbocycles. The van der Waals surface area contributed by atoms with Crippen molar-refractivity contribution in [2.75, 3.05) is 13.4 Å². The largest absolute Gasteiger partial charge is 0.497 e. The van der Waals surface area contributed by atoms with Crippen LogP contribution in [0.25, 0.3) is 0 Å². The van der Waals surface area contributed by atoms with Gasteiger partial charge in [0.15, 0.2) is 0 Å². The highest BCUT2D eigenvalue weighted by molar-refractivity contribution is 7.99. The second-order valence-corrected chi connectivity index (χ2v) is 6.17. The summed E-state index contributed by atoms with van der Waals surface area (Å²) in [5.41, 5.74) is 0.969. The molecule has 0 aliphatic rings. The van der Waals surface area contributed by atoms with Crippen molar-refractivity contribution in [1.29, 1.82) is 0 Å². The minimum Gasteiger partial charge on any atom is -0.497 e. The lowest BCUT2D eigenvalue weighted by atomic mass is 10.1. The van der Waals surface area contributed by atoms with Crippen molar-refractivity contribution in [1.82, 2.24) is 14.9 Å². The molecule has 0 radical (unpaired) electrons. The molecular weight excluding hydrogens is 298 g/mol. The number of nitrogens with one attached hydrogen (secondary N) is 1. The Bertz CT molecular complexity index is 625. The summed E-state index contributed by atoms with van der Waals surface area (Å²) in [6.45, 7) is 1.89. The Morgan fingerprint density at radius 2 is 2.05 bits per heavy atom. The van der Waals surface area contributed by atoms with Crippen LogP contribution >= 0.6 is 11.8 Å². The number of methoxy groups -OCH3 is 1. The van der Waals surface area contributed by atoms with Crippen LogP contribution in [0.2, 0.25) is 0 Å². The summed E-state index contributed by atoms with van der Waals surface area (Å²) in [5, 5.41) is 2.97. The fraction of sp³-hybridized carbons (Fsp3) is 0.375. The Kier molecular flexibility index (Phi) is 5.49. The average Bonchev–Trinajstić information content (AvgIpc) is 2.97. The maximum absolute atomic E-state index is 12.3. The van der Waals surface area contributed by atoms with Gasteiger partial charge in [0.25, 0.3) is 0 Å². The predicted molar refractivity (Wildman–Crippen MR) is 89.2 cm³/mol. The molecule has 2 rings (SSSR count). The number of carbonyl (C=O) groups excluding carboxylic acids is 1. The topological polar surface area (TPSA) is 56.1 Å². The van der Waals surface area contributed by atoms with E-state index in [4.69, 9.17) is 4.74 Å². The van der Waals surface area contributed by atoms with Gasteiger partial charge in [0.1, 0.15) is 17.6 Å². The number of rotatable bonds is 6. The Hall–Kier alpha value is -1.95. The smallest absolute Gasteiger partial charge is 0.233 e. The first kappa shape index (κ1) is 16.4. The van der Waals surface area contributed by atoms with Crippen LogP contribution in [0.4, 0.5) is 0 Å². The number of thioether (sulfide) groups is 1. The third kappa shape index (κ3) is 3.62. The molecule has 5 nitrogen and oxygen atoms in total. The molecule has 1 N–H and O–H groups in total. The van der Waals surface area contributed by atoms with Gasteiger partial charge >= 0.3 is 0 Å². The number of hydrogen-bond donors (Lipinski definition) is 1. The van der Waals surface area contributed by atoms with Gasteiger partial charge in [-0.3, -0.25) is 4.79 Å². The molecule has 2 aromatic rings. The lowest BCUT2D eigenvalue weighted by Gasteiger charge is -2.21. The van der Waals surface area contributed by atoms with E-state index in [0.717, 1.165) is 17.1 Å². The van der Waals surface area contributed by atoms with Crippen molar-refractivity contribution in [2.45, 2.75) is 18.2 Å². The van der Waals surface area contributed by atoms with Crippen LogP contribution < -0.4 is 10.1 Å². The maximum Gasteiger partial charge on any atom is 0.233 e. The van der Waals surface area contributed by atoms with E-state index in [1.807, 2.05) is 55.3 Å². The average molecular weight is 319 g/mol. The van der Waals surface area contributed by atoms with Gasteiger partial charge in [-0.25, -0.2) is 4.98 Å². The van der Waals surface area contributed by atoms with E-state index in [0.29, 0.717) is 0 Å². The van der Waals surface area contributed by atoms with E-state index in [1.54, 1.807) is 13.3 Å². The summed E-state index contributed by atoms with van der Waals surface area (Å²) in [7, 11) is 3.55. The molecule has 0 bridgehead atoms. The van der Waals surface area contributed by atoms with E-state index in [-0.39, 0.29) is 17.2 Å². The number of nitrogens with zero attached hydrogens (tertiary/aromatic N) is 2. The molecule has 2 atom stereocenters. The van der Waals surface area contributed by atoms with Crippen molar-refractivity contribution in [2.24, 2.45) is 7.05 Å². The minimum absolute atomic E-state index is 0.00341. The van der Waals surface area contributed by atoms with Gasteiger partial charge in [0.05, 0.1) is 12.4 Å². The lowest BCUT2D eigenvalue weighted by Crippen LogP contribution is -2.36. The van der Waals surface area contributed by atoms with Crippen LogP contribution in [0, 0.1) is 0 Å². The SMILES string of the molecule is COc1ccc(C(NC(=O)C(C)SC)c2nccn2C)cc1. The highest BCUT2D eigenvalue weighted by atomic mass is 32.2. The molecule has 1 aromatic heterocycles. The van der Waals surface area contributed by atoms with Crippen molar-refractivity contribution in [3.63, 3.8) is 0 Å². The fourth-order valence-corrected chi connectivity index (χ4v) is 2.40. The van der Waals surface area contributed by atoms with Crippen LogP contribution in [0.1, 0.15) is 24.4 Å². The van der Waals surface area contributed by atoms with Crippen molar-refractivity contribution in [3.05, 3.63) is 48.0 Å². The molecule has 0 spiro atoms. The van der Waals surface area contributed by atoms with E-state index < -0.39 is 0 Å². The van der Waals surface area contributed by atoms with E-state index in [9.17, 15) is 4.79 Å². The highest BCUT2D eigenvalue weighted by Crippen LogP contribution is 2.23. The first-order chi connectivity index (χ1) is 10.6. The number of ether oxygens (including phenoxy) is 1. The summed E-state index contributed by atoms with van der Waals surface area (Å²) < 4.78 is 7.10. The summed E-state index contributed by atoms with van der Waals surface area (Å²) >= 11 is 1.52. The molecule has 0 saturated heterocycles. The Labute approximate surface area is 135 Å². The fourth-order valence-electron chi connectivity index (χ4n) is 2.12. The summed E-state index contributed by atoms with van der Waals surface area (Å²) in [4.78, 5) is 16.7. The normalized spacial score (nSPS) is 13.5. The van der Waals surface area contributed by atoms with E-state index in [1.165, 1.54) is 11.8 Å². The second kappa shape index (κ2) is 7.35. The number of carbonyl (C=O) groups is 1. The molecule has 1 heterocycles. The predicted octanol–water partition coefficient (Wildman–Crippen LogP) is 2.39. The van der Waals surface area contributed by atoms with Crippen molar-refractivity contribution < 1.29 is 9.53 Å². The standard InChI is InChI=1S/C16H21N3O2S/c1-11(22-4)16(20)18-14(15-17-9-10-19(15)2)12-5-7-13(21-3)8-6-12/h5-11,14H,1-4H3,(H,18,20). The maximum atomic E-state index is 12.3. The number of imidazole rings is 1. The van der Waals surface area contributed by atoms with Gasteiger partial charge in [0.2, 0.25) is 5.91 Å². The molecule has 0 aliphatic heterocycles. The second-order valence-electron chi connectivity index (χ2n) is 4.99. The molecule has 1 aromatic carbocycles. The van der Waals surface area contributed by atoms with Crippen LogP contribution in [0.5, 0.6) is 5.75 Å². The Morgan fingerprint density at radius 3 is 2.55 bits per heavy atom. The van der Waals surface area contributed by atoms with Gasteiger partial charge in [-0.1, -0.05) is 12.1 Å². The van der Waals surface area contributed by atoms with Gasteiger partial charge in [-0.2, -0.15) is 11.8 Å². The number of hydrogen-bond acceptors (Lipinski definition) is 4. The van der Waals surface area contributed by atoms with Crippen molar-refractivity contribution in [3.8, 4) is 5.75 Å². The van der Waals surface area contributed by atoms with Crippen LogP contribution in [-0.4, -0.2) is 34.1 Å². The number of amides is 1. The molecule has 22 heavy (non-hydrogen) atoms. The molecule has 0 saturated carbocycles. The Balaban J connectivity index is 2.32. The van der Waals surface area contributed by atoms with Crippen LogP contribution in [-0.2, 0) is 11.8 Å². The molecule has 0 fully saturated rings. The van der Waals surface area contributed by atoms with Gasteiger partial charge in [-0.05, 0) is 30.9 Å². The molecule has 118 valence electrons. The van der Waals surface area contributed by atoms with Crippen LogP contribution in [0.15, 0.2) is 36.7 Å². The number of aromatic nitrogens is 2. The summed E-state index contributed by atoms with van der Waals surface area (Å²) in [6.07, 6.45) is 5.53.